The number of hydrogen-bond donors (Lipinski definition) is 1. The van der Waals surface area contributed by atoms with E-state index in [0.717, 1.165) is 9.99 Å². The van der Waals surface area contributed by atoms with Crippen molar-refractivity contribution in [3.8, 4) is 0 Å². The molecule has 19 heavy (non-hydrogen) atoms. The second-order valence-corrected chi connectivity index (χ2v) is 5.63. The zero-order valence-corrected chi connectivity index (χ0v) is 12.7. The molecular formula is C13H15IN2O3. The molecule has 1 aliphatic heterocycles. The summed E-state index contributed by atoms with van der Waals surface area (Å²) < 4.78 is 5.59. The van der Waals surface area contributed by atoms with Gasteiger partial charge in [-0.25, -0.2) is 4.79 Å². The minimum atomic E-state index is -0.450. The molecule has 1 aromatic rings. The molecule has 0 spiro atoms. The summed E-state index contributed by atoms with van der Waals surface area (Å²) in [5, 5.41) is 2.72. The summed E-state index contributed by atoms with van der Waals surface area (Å²) in [6.07, 6.45) is 0.304. The molecule has 6 heteroatoms. The second kappa shape index (κ2) is 6.23. The number of amides is 2. The van der Waals surface area contributed by atoms with E-state index in [9.17, 15) is 9.59 Å². The molecular weight excluding hydrogens is 359 g/mol. The molecule has 0 aliphatic carbocycles. The van der Waals surface area contributed by atoms with Crippen molar-refractivity contribution in [2.24, 2.45) is 0 Å². The lowest BCUT2D eigenvalue weighted by atomic mass is 10.2. The number of nitrogens with zero attached hydrogens (tertiary/aromatic N) is 1. The van der Waals surface area contributed by atoms with Gasteiger partial charge in [-0.05, 0) is 47.2 Å². The first-order valence-corrected chi connectivity index (χ1v) is 7.07. The molecule has 1 fully saturated rings. The SMILES string of the molecule is COC(=O)NC1CCN(C(=O)c2cccc(I)c2)C1. The number of ether oxygens (including phenoxy) is 1. The van der Waals surface area contributed by atoms with Crippen LogP contribution < -0.4 is 5.32 Å². The van der Waals surface area contributed by atoms with Gasteiger partial charge in [0.1, 0.15) is 0 Å². The smallest absolute Gasteiger partial charge is 0.407 e. The van der Waals surface area contributed by atoms with Crippen molar-refractivity contribution in [1.29, 1.82) is 0 Å². The van der Waals surface area contributed by atoms with E-state index in [1.165, 1.54) is 7.11 Å². The number of halogens is 1. The minimum absolute atomic E-state index is 0.00711. The zero-order valence-electron chi connectivity index (χ0n) is 10.6. The number of rotatable bonds is 2. The van der Waals surface area contributed by atoms with Crippen LogP contribution in [0.5, 0.6) is 0 Å². The maximum atomic E-state index is 12.3. The standard InChI is InChI=1S/C13H15IN2O3/c1-19-13(18)15-11-5-6-16(8-11)12(17)9-3-2-4-10(14)7-9/h2-4,7,11H,5-6,8H2,1H3,(H,15,18). The molecule has 1 atom stereocenters. The highest BCUT2D eigenvalue weighted by Crippen LogP contribution is 2.15. The van der Waals surface area contributed by atoms with E-state index in [0.29, 0.717) is 18.7 Å². The molecule has 1 N–H and O–H groups in total. The highest BCUT2D eigenvalue weighted by Gasteiger charge is 2.28. The monoisotopic (exact) mass is 374 g/mol. The third-order valence-electron chi connectivity index (χ3n) is 3.05. The van der Waals surface area contributed by atoms with Gasteiger partial charge in [-0.1, -0.05) is 6.07 Å². The van der Waals surface area contributed by atoms with Gasteiger partial charge in [0.05, 0.1) is 13.2 Å². The third kappa shape index (κ3) is 3.59. The fourth-order valence-corrected chi connectivity index (χ4v) is 2.64. The molecule has 1 heterocycles. The Morgan fingerprint density at radius 1 is 1.47 bits per heavy atom. The van der Waals surface area contributed by atoms with Gasteiger partial charge in [-0.15, -0.1) is 0 Å². The molecule has 102 valence electrons. The molecule has 0 bridgehead atoms. The fourth-order valence-electron chi connectivity index (χ4n) is 2.09. The Morgan fingerprint density at radius 2 is 2.26 bits per heavy atom. The molecule has 2 amide bonds. The summed E-state index contributed by atoms with van der Waals surface area (Å²) in [5.74, 6) is 0.00711. The van der Waals surface area contributed by atoms with Crippen molar-refractivity contribution in [3.63, 3.8) is 0 Å². The van der Waals surface area contributed by atoms with Crippen LogP contribution in [-0.2, 0) is 4.74 Å². The van der Waals surface area contributed by atoms with Crippen LogP contribution in [0.2, 0.25) is 0 Å². The van der Waals surface area contributed by atoms with Gasteiger partial charge < -0.3 is 15.0 Å². The predicted octanol–water partition coefficient (Wildman–Crippen LogP) is 1.86. The Kier molecular flexibility index (Phi) is 4.62. The summed E-state index contributed by atoms with van der Waals surface area (Å²) in [6, 6.07) is 7.47. The lowest BCUT2D eigenvalue weighted by Crippen LogP contribution is -2.38. The lowest BCUT2D eigenvalue weighted by Gasteiger charge is -2.17. The molecule has 0 saturated carbocycles. The normalized spacial score (nSPS) is 18.2. The van der Waals surface area contributed by atoms with Gasteiger partial charge >= 0.3 is 6.09 Å². The molecule has 0 radical (unpaired) electrons. The first-order valence-electron chi connectivity index (χ1n) is 5.99. The summed E-state index contributed by atoms with van der Waals surface area (Å²) in [7, 11) is 1.33. The highest BCUT2D eigenvalue weighted by atomic mass is 127. The largest absolute Gasteiger partial charge is 0.453 e. The van der Waals surface area contributed by atoms with Crippen LogP contribution in [0.1, 0.15) is 16.8 Å². The van der Waals surface area contributed by atoms with Crippen LogP contribution in [-0.4, -0.2) is 43.1 Å². The Hall–Kier alpha value is -1.31. The number of carbonyl (C=O) groups excluding carboxylic acids is 2. The Morgan fingerprint density at radius 3 is 2.95 bits per heavy atom. The van der Waals surface area contributed by atoms with Crippen LogP contribution in [0.25, 0.3) is 0 Å². The maximum absolute atomic E-state index is 12.3. The van der Waals surface area contributed by atoms with Crippen LogP contribution in [0, 0.1) is 3.57 Å². The molecule has 1 saturated heterocycles. The minimum Gasteiger partial charge on any atom is -0.453 e. The zero-order chi connectivity index (χ0) is 13.8. The second-order valence-electron chi connectivity index (χ2n) is 4.38. The van der Waals surface area contributed by atoms with Crippen molar-refractivity contribution in [1.82, 2.24) is 10.2 Å². The molecule has 2 rings (SSSR count). The molecule has 0 aromatic heterocycles. The van der Waals surface area contributed by atoms with E-state index in [1.807, 2.05) is 24.3 Å². The van der Waals surface area contributed by atoms with Crippen LogP contribution in [0.15, 0.2) is 24.3 Å². The lowest BCUT2D eigenvalue weighted by molar-refractivity contribution is 0.0788. The van der Waals surface area contributed by atoms with Gasteiger partial charge in [-0.2, -0.15) is 0 Å². The van der Waals surface area contributed by atoms with E-state index in [4.69, 9.17) is 0 Å². The predicted molar refractivity (Wildman–Crippen MR) is 79.0 cm³/mol. The Labute approximate surface area is 125 Å². The van der Waals surface area contributed by atoms with E-state index in [2.05, 4.69) is 32.6 Å². The number of benzene rings is 1. The van der Waals surface area contributed by atoms with Gasteiger partial charge in [0.2, 0.25) is 0 Å². The first kappa shape index (κ1) is 14.1. The average Bonchev–Trinajstić information content (AvgIpc) is 2.86. The van der Waals surface area contributed by atoms with E-state index < -0.39 is 6.09 Å². The Balaban J connectivity index is 1.97. The quantitative estimate of drug-likeness (QED) is 0.805. The number of methoxy groups -OCH3 is 1. The fraction of sp³-hybridized carbons (Fsp3) is 0.385. The molecule has 1 aromatic carbocycles. The van der Waals surface area contributed by atoms with Crippen molar-refractivity contribution in [3.05, 3.63) is 33.4 Å². The first-order chi connectivity index (χ1) is 9.10. The highest BCUT2D eigenvalue weighted by molar-refractivity contribution is 14.1. The maximum Gasteiger partial charge on any atom is 0.407 e. The number of alkyl carbamates (subject to hydrolysis) is 1. The molecule has 1 unspecified atom stereocenters. The number of nitrogens with one attached hydrogen (secondary N) is 1. The average molecular weight is 374 g/mol. The Bertz CT molecular complexity index is 493. The summed E-state index contributed by atoms with van der Waals surface area (Å²) in [6.45, 7) is 1.18. The van der Waals surface area contributed by atoms with Gasteiger partial charge in [-0.3, -0.25) is 4.79 Å². The number of likely N-dealkylation sites (tertiary alicyclic amines) is 1. The summed E-state index contributed by atoms with van der Waals surface area (Å²) in [4.78, 5) is 25.2. The van der Waals surface area contributed by atoms with Crippen LogP contribution in [0.4, 0.5) is 4.79 Å². The molecule has 1 aliphatic rings. The summed E-state index contributed by atoms with van der Waals surface area (Å²) >= 11 is 2.18. The van der Waals surface area contributed by atoms with Crippen molar-refractivity contribution >= 4 is 34.6 Å². The van der Waals surface area contributed by atoms with Gasteiger partial charge in [0.15, 0.2) is 0 Å². The van der Waals surface area contributed by atoms with E-state index in [-0.39, 0.29) is 11.9 Å². The molecule has 5 nitrogen and oxygen atoms in total. The van der Waals surface area contributed by atoms with E-state index >= 15 is 0 Å². The van der Waals surface area contributed by atoms with E-state index in [1.54, 1.807) is 4.90 Å². The van der Waals surface area contributed by atoms with Gasteiger partial charge in [0.25, 0.3) is 5.91 Å². The topological polar surface area (TPSA) is 58.6 Å². The van der Waals surface area contributed by atoms with Crippen molar-refractivity contribution in [2.75, 3.05) is 20.2 Å². The van der Waals surface area contributed by atoms with Gasteiger partial charge in [0, 0.05) is 22.2 Å². The van der Waals surface area contributed by atoms with Crippen LogP contribution in [0.3, 0.4) is 0 Å². The summed E-state index contributed by atoms with van der Waals surface area (Å²) in [5.41, 5.74) is 0.686. The third-order valence-corrected chi connectivity index (χ3v) is 3.73. The number of carbonyl (C=O) groups is 2. The number of hydrogen-bond acceptors (Lipinski definition) is 3. The van der Waals surface area contributed by atoms with Crippen molar-refractivity contribution < 1.29 is 14.3 Å². The van der Waals surface area contributed by atoms with Crippen molar-refractivity contribution in [2.45, 2.75) is 12.5 Å². The van der Waals surface area contributed by atoms with Crippen LogP contribution >= 0.6 is 22.6 Å².